The average Bonchev–Trinajstić information content (AvgIpc) is 2.76. The number of anilines is 1. The molecular formula is C9H14N4O2S. The van der Waals surface area contributed by atoms with Crippen LogP contribution in [0.3, 0.4) is 0 Å². The minimum Gasteiger partial charge on any atom is -0.381 e. The number of rotatable bonds is 3. The van der Waals surface area contributed by atoms with Crippen molar-refractivity contribution >= 4 is 15.8 Å². The number of aryl methyl sites for hydroxylation is 1. The molecule has 0 spiro atoms. The summed E-state index contributed by atoms with van der Waals surface area (Å²) in [5, 5.41) is 0.0272. The van der Waals surface area contributed by atoms with Gasteiger partial charge in [0.2, 0.25) is 0 Å². The molecule has 1 heterocycles. The Balaban J connectivity index is 2.25. The van der Waals surface area contributed by atoms with Crippen molar-refractivity contribution in [3.05, 3.63) is 18.5 Å². The Bertz CT molecular complexity index is 490. The predicted molar refractivity (Wildman–Crippen MR) is 60.1 cm³/mol. The Labute approximate surface area is 94.2 Å². The van der Waals surface area contributed by atoms with Gasteiger partial charge < -0.3 is 10.3 Å². The number of hydrogen-bond acceptors (Lipinski definition) is 4. The average molecular weight is 242 g/mol. The van der Waals surface area contributed by atoms with Crippen molar-refractivity contribution in [2.75, 3.05) is 5.73 Å². The van der Waals surface area contributed by atoms with Gasteiger partial charge in [-0.2, -0.15) is 0 Å². The second-order valence-corrected chi connectivity index (χ2v) is 5.44. The van der Waals surface area contributed by atoms with Crippen LogP contribution >= 0.6 is 0 Å². The summed E-state index contributed by atoms with van der Waals surface area (Å²) >= 11 is 0. The second-order valence-electron chi connectivity index (χ2n) is 3.81. The van der Waals surface area contributed by atoms with Gasteiger partial charge in [-0.05, 0) is 12.8 Å². The first kappa shape index (κ1) is 11.2. The van der Waals surface area contributed by atoms with Crippen molar-refractivity contribution in [1.29, 1.82) is 0 Å². The maximum Gasteiger partial charge on any atom is 0.260 e. The second kappa shape index (κ2) is 3.91. The van der Waals surface area contributed by atoms with Gasteiger partial charge >= 0.3 is 0 Å². The van der Waals surface area contributed by atoms with Gasteiger partial charge in [0.1, 0.15) is 0 Å². The Morgan fingerprint density at radius 1 is 1.50 bits per heavy atom. The van der Waals surface area contributed by atoms with Crippen molar-refractivity contribution in [3.8, 4) is 0 Å². The highest BCUT2D eigenvalue weighted by Crippen LogP contribution is 2.18. The third-order valence-electron chi connectivity index (χ3n) is 2.49. The number of sulfonamides is 1. The third kappa shape index (κ3) is 1.96. The van der Waals surface area contributed by atoms with Crippen molar-refractivity contribution in [1.82, 2.24) is 14.3 Å². The van der Waals surface area contributed by atoms with Crippen LogP contribution in [0.1, 0.15) is 12.8 Å². The van der Waals surface area contributed by atoms with Crippen LogP contribution in [0.2, 0.25) is 0 Å². The molecule has 6 nitrogen and oxygen atoms in total. The van der Waals surface area contributed by atoms with Crippen LogP contribution in [0, 0.1) is 0 Å². The molecule has 0 amide bonds. The highest BCUT2D eigenvalue weighted by atomic mass is 32.2. The fourth-order valence-corrected chi connectivity index (χ4v) is 3.25. The zero-order chi connectivity index (χ0) is 11.8. The van der Waals surface area contributed by atoms with E-state index in [1.54, 1.807) is 7.05 Å². The number of nitrogens with zero attached hydrogens (tertiary/aromatic N) is 2. The first-order valence-corrected chi connectivity index (χ1v) is 6.43. The van der Waals surface area contributed by atoms with Crippen LogP contribution in [0.25, 0.3) is 0 Å². The largest absolute Gasteiger partial charge is 0.381 e. The number of nitrogen functional groups attached to an aromatic ring is 1. The van der Waals surface area contributed by atoms with Gasteiger partial charge in [-0.3, -0.25) is 0 Å². The van der Waals surface area contributed by atoms with E-state index in [1.165, 1.54) is 10.9 Å². The highest BCUT2D eigenvalue weighted by molar-refractivity contribution is 7.89. The molecule has 2 rings (SSSR count). The molecule has 0 saturated carbocycles. The summed E-state index contributed by atoms with van der Waals surface area (Å²) in [7, 11) is -1.97. The molecule has 7 heteroatoms. The van der Waals surface area contributed by atoms with E-state index in [-0.39, 0.29) is 16.9 Å². The van der Waals surface area contributed by atoms with Crippen LogP contribution in [0.5, 0.6) is 0 Å². The van der Waals surface area contributed by atoms with E-state index in [2.05, 4.69) is 9.71 Å². The van der Waals surface area contributed by atoms with Crippen LogP contribution < -0.4 is 10.5 Å². The van der Waals surface area contributed by atoms with Crippen molar-refractivity contribution < 1.29 is 8.42 Å². The number of nitrogens with one attached hydrogen (secondary N) is 1. The molecule has 0 fully saturated rings. The van der Waals surface area contributed by atoms with Crippen LogP contribution in [-0.4, -0.2) is 24.0 Å². The van der Waals surface area contributed by atoms with Gasteiger partial charge in [0.25, 0.3) is 10.0 Å². The summed E-state index contributed by atoms with van der Waals surface area (Å²) in [5.41, 5.74) is 5.54. The van der Waals surface area contributed by atoms with Gasteiger partial charge in [-0.1, -0.05) is 12.2 Å². The summed E-state index contributed by atoms with van der Waals surface area (Å²) in [5.74, 6) is 0.0287. The fourth-order valence-electron chi connectivity index (χ4n) is 1.75. The third-order valence-corrected chi connectivity index (χ3v) is 4.14. The standard InChI is InChI=1S/C9H14N4O2S/c1-13-6-11-8(10)9(13)16(14,15)12-7-4-2-3-5-7/h2-3,6-7,12H,4-5,10H2,1H3. The van der Waals surface area contributed by atoms with Gasteiger partial charge in [0.15, 0.2) is 10.8 Å². The summed E-state index contributed by atoms with van der Waals surface area (Å²) < 4.78 is 28.0. The molecule has 1 aromatic heterocycles. The van der Waals surface area contributed by atoms with Gasteiger partial charge in [0.05, 0.1) is 6.33 Å². The fraction of sp³-hybridized carbons (Fsp3) is 0.444. The summed E-state index contributed by atoms with van der Waals surface area (Å²) in [6.07, 6.45) is 6.74. The van der Waals surface area contributed by atoms with E-state index in [9.17, 15) is 8.42 Å². The SMILES string of the molecule is Cn1cnc(N)c1S(=O)(=O)NC1CC=CC1. The molecule has 0 atom stereocenters. The quantitative estimate of drug-likeness (QED) is 0.730. The van der Waals surface area contributed by atoms with Crippen molar-refractivity contribution in [2.45, 2.75) is 23.9 Å². The molecule has 0 radical (unpaired) electrons. The molecule has 0 aromatic carbocycles. The molecule has 1 aliphatic carbocycles. The lowest BCUT2D eigenvalue weighted by Gasteiger charge is -2.12. The minimum absolute atomic E-state index is 0.0272. The van der Waals surface area contributed by atoms with E-state index in [0.29, 0.717) is 0 Å². The van der Waals surface area contributed by atoms with E-state index in [0.717, 1.165) is 12.8 Å². The Morgan fingerprint density at radius 3 is 2.62 bits per heavy atom. The number of hydrogen-bond donors (Lipinski definition) is 2. The van der Waals surface area contributed by atoms with Crippen molar-refractivity contribution in [3.63, 3.8) is 0 Å². The lowest BCUT2D eigenvalue weighted by molar-refractivity contribution is 0.549. The summed E-state index contributed by atoms with van der Waals surface area (Å²) in [6, 6.07) is -0.0701. The van der Waals surface area contributed by atoms with Crippen LogP contribution in [-0.2, 0) is 17.1 Å². The molecule has 0 saturated heterocycles. The van der Waals surface area contributed by atoms with Crippen LogP contribution in [0.15, 0.2) is 23.5 Å². The highest BCUT2D eigenvalue weighted by Gasteiger charge is 2.25. The Hall–Kier alpha value is -1.34. The lowest BCUT2D eigenvalue weighted by Crippen LogP contribution is -2.34. The molecule has 0 aliphatic heterocycles. The maximum atomic E-state index is 12.0. The van der Waals surface area contributed by atoms with Gasteiger partial charge in [-0.25, -0.2) is 18.1 Å². The number of imidazole rings is 1. The zero-order valence-corrected chi connectivity index (χ0v) is 9.74. The first-order chi connectivity index (χ1) is 7.50. The molecule has 0 bridgehead atoms. The lowest BCUT2D eigenvalue weighted by atomic mass is 10.3. The van der Waals surface area contributed by atoms with Crippen molar-refractivity contribution in [2.24, 2.45) is 7.05 Å². The molecular weight excluding hydrogens is 228 g/mol. The van der Waals surface area contributed by atoms with E-state index in [4.69, 9.17) is 5.73 Å². The maximum absolute atomic E-state index is 12.0. The normalized spacial score (nSPS) is 17.1. The molecule has 16 heavy (non-hydrogen) atoms. The molecule has 1 aliphatic rings. The Morgan fingerprint density at radius 2 is 2.12 bits per heavy atom. The topological polar surface area (TPSA) is 90.0 Å². The summed E-state index contributed by atoms with van der Waals surface area (Å²) in [4.78, 5) is 3.76. The van der Waals surface area contributed by atoms with E-state index < -0.39 is 10.0 Å². The Kier molecular flexibility index (Phi) is 2.73. The number of nitrogens with two attached hydrogens (primary N) is 1. The van der Waals surface area contributed by atoms with Crippen LogP contribution in [0.4, 0.5) is 5.82 Å². The van der Waals surface area contributed by atoms with Gasteiger partial charge in [0, 0.05) is 13.1 Å². The summed E-state index contributed by atoms with van der Waals surface area (Å²) in [6.45, 7) is 0. The van der Waals surface area contributed by atoms with Gasteiger partial charge in [-0.15, -0.1) is 0 Å². The molecule has 1 aromatic rings. The zero-order valence-electron chi connectivity index (χ0n) is 8.92. The first-order valence-electron chi connectivity index (χ1n) is 4.95. The van der Waals surface area contributed by atoms with E-state index >= 15 is 0 Å². The predicted octanol–water partition coefficient (Wildman–Crippen LogP) is -0.000800. The molecule has 0 unspecified atom stereocenters. The van der Waals surface area contributed by atoms with E-state index in [1.807, 2.05) is 12.2 Å². The monoisotopic (exact) mass is 242 g/mol. The molecule has 3 N–H and O–H groups in total. The molecule has 88 valence electrons. The smallest absolute Gasteiger partial charge is 0.260 e. The number of aromatic nitrogens is 2. The minimum atomic E-state index is -3.58.